The van der Waals surface area contributed by atoms with Crippen LogP contribution in [0.4, 0.5) is 5.13 Å². The van der Waals surface area contributed by atoms with E-state index in [1.807, 2.05) is 12.3 Å². The molecule has 5 heteroatoms. The SMILES string of the molecule is CCOC(=O)Cc1csc(NCC2(C(C)C)CC2)n1. The molecule has 1 fully saturated rings. The van der Waals surface area contributed by atoms with Crippen LogP contribution in [0.25, 0.3) is 0 Å². The Hall–Kier alpha value is -1.10. The Kier molecular flexibility index (Phi) is 4.45. The van der Waals surface area contributed by atoms with Crippen LogP contribution in [0, 0.1) is 11.3 Å². The van der Waals surface area contributed by atoms with E-state index < -0.39 is 0 Å². The number of ether oxygens (including phenoxy) is 1. The molecule has 1 saturated carbocycles. The van der Waals surface area contributed by atoms with Crippen LogP contribution in [0.2, 0.25) is 0 Å². The molecule has 0 saturated heterocycles. The van der Waals surface area contributed by atoms with E-state index in [1.54, 1.807) is 11.3 Å². The number of carbonyl (C=O) groups is 1. The molecule has 0 aliphatic heterocycles. The predicted molar refractivity (Wildman–Crippen MR) is 77.4 cm³/mol. The molecule has 19 heavy (non-hydrogen) atoms. The molecule has 1 aromatic rings. The average Bonchev–Trinajstić information content (AvgIpc) is 3.03. The zero-order valence-electron chi connectivity index (χ0n) is 11.9. The second-order valence-electron chi connectivity index (χ2n) is 5.50. The third-order valence-electron chi connectivity index (χ3n) is 3.89. The molecule has 1 aliphatic carbocycles. The molecular formula is C14H22N2O2S. The van der Waals surface area contributed by atoms with Crippen molar-refractivity contribution in [3.63, 3.8) is 0 Å². The second-order valence-corrected chi connectivity index (χ2v) is 6.35. The van der Waals surface area contributed by atoms with E-state index in [0.717, 1.165) is 17.4 Å². The highest BCUT2D eigenvalue weighted by Gasteiger charge is 2.45. The number of nitrogens with zero attached hydrogens (tertiary/aromatic N) is 1. The highest BCUT2D eigenvalue weighted by molar-refractivity contribution is 7.13. The Morgan fingerprint density at radius 3 is 2.89 bits per heavy atom. The van der Waals surface area contributed by atoms with E-state index in [-0.39, 0.29) is 12.4 Å². The van der Waals surface area contributed by atoms with Gasteiger partial charge >= 0.3 is 5.97 Å². The fourth-order valence-electron chi connectivity index (χ4n) is 2.20. The van der Waals surface area contributed by atoms with Gasteiger partial charge in [0.2, 0.25) is 0 Å². The fraction of sp³-hybridized carbons (Fsp3) is 0.714. The number of anilines is 1. The van der Waals surface area contributed by atoms with Gasteiger partial charge in [-0.2, -0.15) is 0 Å². The summed E-state index contributed by atoms with van der Waals surface area (Å²) in [5.74, 6) is 0.499. The maximum atomic E-state index is 11.4. The van der Waals surface area contributed by atoms with Crippen molar-refractivity contribution in [2.24, 2.45) is 11.3 Å². The zero-order chi connectivity index (χ0) is 13.9. The van der Waals surface area contributed by atoms with Gasteiger partial charge in [0.25, 0.3) is 0 Å². The van der Waals surface area contributed by atoms with Gasteiger partial charge in [0.1, 0.15) is 0 Å². The van der Waals surface area contributed by atoms with Crippen molar-refractivity contribution in [3.8, 4) is 0 Å². The van der Waals surface area contributed by atoms with Crippen molar-refractivity contribution < 1.29 is 9.53 Å². The molecule has 4 nitrogen and oxygen atoms in total. The highest BCUT2D eigenvalue weighted by atomic mass is 32.1. The molecule has 0 aromatic carbocycles. The predicted octanol–water partition coefficient (Wildman–Crippen LogP) is 3.10. The number of thiazole rings is 1. The Labute approximate surface area is 118 Å². The minimum absolute atomic E-state index is 0.208. The summed E-state index contributed by atoms with van der Waals surface area (Å²) in [5.41, 5.74) is 1.26. The standard InChI is InChI=1S/C14H22N2O2S/c1-4-18-12(17)7-11-8-19-13(16-11)15-9-14(5-6-14)10(2)3/h8,10H,4-7,9H2,1-3H3,(H,15,16). The quantitative estimate of drug-likeness (QED) is 0.781. The molecule has 1 aromatic heterocycles. The van der Waals surface area contributed by atoms with Crippen molar-refractivity contribution in [2.75, 3.05) is 18.5 Å². The van der Waals surface area contributed by atoms with Crippen molar-refractivity contribution in [1.29, 1.82) is 0 Å². The van der Waals surface area contributed by atoms with Crippen LogP contribution in [0.5, 0.6) is 0 Å². The van der Waals surface area contributed by atoms with Gasteiger partial charge in [-0.3, -0.25) is 4.79 Å². The lowest BCUT2D eigenvalue weighted by Crippen LogP contribution is -2.20. The molecular weight excluding hydrogens is 260 g/mol. The van der Waals surface area contributed by atoms with Gasteiger partial charge in [0, 0.05) is 11.9 Å². The number of aromatic nitrogens is 1. The lowest BCUT2D eigenvalue weighted by atomic mass is 9.92. The Bertz CT molecular complexity index is 438. The van der Waals surface area contributed by atoms with Gasteiger partial charge in [-0.25, -0.2) is 4.98 Å². The topological polar surface area (TPSA) is 51.2 Å². The average molecular weight is 282 g/mol. The first-order chi connectivity index (χ1) is 9.05. The number of hydrogen-bond acceptors (Lipinski definition) is 5. The highest BCUT2D eigenvalue weighted by Crippen LogP contribution is 2.51. The van der Waals surface area contributed by atoms with Crippen LogP contribution in [0.15, 0.2) is 5.38 Å². The number of rotatable bonds is 7. The van der Waals surface area contributed by atoms with Gasteiger partial charge in [0.05, 0.1) is 18.7 Å². The molecule has 106 valence electrons. The largest absolute Gasteiger partial charge is 0.466 e. The third-order valence-corrected chi connectivity index (χ3v) is 4.74. The summed E-state index contributed by atoms with van der Waals surface area (Å²) in [7, 11) is 0. The number of hydrogen-bond donors (Lipinski definition) is 1. The number of esters is 1. The van der Waals surface area contributed by atoms with Gasteiger partial charge in [-0.1, -0.05) is 13.8 Å². The molecule has 0 spiro atoms. The van der Waals surface area contributed by atoms with E-state index in [9.17, 15) is 4.79 Å². The Morgan fingerprint density at radius 2 is 2.32 bits per heavy atom. The maximum absolute atomic E-state index is 11.4. The van der Waals surface area contributed by atoms with Crippen LogP contribution in [-0.4, -0.2) is 24.1 Å². The first-order valence-corrected chi connectivity index (χ1v) is 7.77. The monoisotopic (exact) mass is 282 g/mol. The summed E-state index contributed by atoms with van der Waals surface area (Å²) in [6.07, 6.45) is 2.87. The summed E-state index contributed by atoms with van der Waals surface area (Å²) in [5, 5.41) is 6.24. The number of carbonyl (C=O) groups excluding carboxylic acids is 1. The van der Waals surface area contributed by atoms with Crippen molar-refractivity contribution in [2.45, 2.75) is 40.0 Å². The molecule has 0 amide bonds. The molecule has 1 heterocycles. The summed E-state index contributed by atoms with van der Waals surface area (Å²) in [6, 6.07) is 0. The molecule has 0 bridgehead atoms. The summed E-state index contributed by atoms with van der Waals surface area (Å²) in [6.45, 7) is 7.78. The van der Waals surface area contributed by atoms with E-state index in [4.69, 9.17) is 4.74 Å². The smallest absolute Gasteiger partial charge is 0.311 e. The van der Waals surface area contributed by atoms with Crippen LogP contribution in [0.3, 0.4) is 0 Å². The summed E-state index contributed by atoms with van der Waals surface area (Å²) < 4.78 is 4.92. The van der Waals surface area contributed by atoms with Crippen molar-refractivity contribution >= 4 is 22.4 Å². The van der Waals surface area contributed by atoms with Gasteiger partial charge in [0.15, 0.2) is 5.13 Å². The van der Waals surface area contributed by atoms with Crippen LogP contribution in [-0.2, 0) is 16.0 Å². The molecule has 1 N–H and O–H groups in total. The van der Waals surface area contributed by atoms with E-state index in [1.165, 1.54) is 12.8 Å². The van der Waals surface area contributed by atoms with Crippen molar-refractivity contribution in [1.82, 2.24) is 4.98 Å². The Morgan fingerprint density at radius 1 is 1.58 bits per heavy atom. The van der Waals surface area contributed by atoms with Crippen LogP contribution < -0.4 is 5.32 Å². The third kappa shape index (κ3) is 3.69. The molecule has 0 unspecified atom stereocenters. The van der Waals surface area contributed by atoms with Gasteiger partial charge in [-0.15, -0.1) is 11.3 Å². The summed E-state index contributed by atoms with van der Waals surface area (Å²) in [4.78, 5) is 15.8. The molecule has 1 aliphatic rings. The van der Waals surface area contributed by atoms with E-state index in [0.29, 0.717) is 17.9 Å². The minimum atomic E-state index is -0.208. The normalized spacial score (nSPS) is 16.4. The lowest BCUT2D eigenvalue weighted by Gasteiger charge is -2.19. The maximum Gasteiger partial charge on any atom is 0.311 e. The minimum Gasteiger partial charge on any atom is -0.466 e. The zero-order valence-corrected chi connectivity index (χ0v) is 12.7. The van der Waals surface area contributed by atoms with Gasteiger partial charge < -0.3 is 10.1 Å². The fourth-order valence-corrected chi connectivity index (χ4v) is 2.91. The first-order valence-electron chi connectivity index (χ1n) is 6.89. The Balaban J connectivity index is 1.82. The lowest BCUT2D eigenvalue weighted by molar-refractivity contribution is -0.142. The summed E-state index contributed by atoms with van der Waals surface area (Å²) >= 11 is 1.56. The van der Waals surface area contributed by atoms with Crippen LogP contribution >= 0.6 is 11.3 Å². The van der Waals surface area contributed by atoms with Crippen molar-refractivity contribution in [3.05, 3.63) is 11.1 Å². The van der Waals surface area contributed by atoms with Gasteiger partial charge in [-0.05, 0) is 31.1 Å². The number of nitrogens with one attached hydrogen (secondary N) is 1. The van der Waals surface area contributed by atoms with E-state index >= 15 is 0 Å². The molecule has 2 rings (SSSR count). The van der Waals surface area contributed by atoms with E-state index in [2.05, 4.69) is 24.1 Å². The first kappa shape index (κ1) is 14.3. The second kappa shape index (κ2) is 5.90. The molecule has 0 atom stereocenters. The van der Waals surface area contributed by atoms with Crippen LogP contribution in [0.1, 0.15) is 39.3 Å². The molecule has 0 radical (unpaired) electrons.